The lowest BCUT2D eigenvalue weighted by atomic mass is 10.1. The van der Waals surface area contributed by atoms with Gasteiger partial charge in [-0.15, -0.1) is 0 Å². The number of hydrogen-bond donors (Lipinski definition) is 3. The van der Waals surface area contributed by atoms with Gasteiger partial charge in [-0.05, 0) is 36.8 Å². The average molecular weight is 385 g/mol. The molecule has 3 rings (SSSR count). The van der Waals surface area contributed by atoms with Crippen LogP contribution in [-0.2, 0) is 13.1 Å². The van der Waals surface area contributed by atoms with Gasteiger partial charge in [-0.1, -0.05) is 35.6 Å². The summed E-state index contributed by atoms with van der Waals surface area (Å²) in [7, 11) is 0. The summed E-state index contributed by atoms with van der Waals surface area (Å²) < 4.78 is 14.3. The van der Waals surface area contributed by atoms with Crippen molar-refractivity contribution in [1.29, 1.82) is 0 Å². The van der Waals surface area contributed by atoms with E-state index in [1.807, 2.05) is 12.1 Å². The third-order valence-corrected chi connectivity index (χ3v) is 4.25. The molecule has 4 nitrogen and oxygen atoms in total. The zero-order valence-electron chi connectivity index (χ0n) is 14.6. The van der Waals surface area contributed by atoms with Crippen LogP contribution in [0.25, 0.3) is 10.9 Å². The topological polar surface area (TPSA) is 65.1 Å². The van der Waals surface area contributed by atoms with Crippen molar-refractivity contribution >= 4 is 22.5 Å². The molecule has 0 radical (unpaired) electrons. The number of aliphatic hydroxyl groups is 1. The molecular formula is C21H18ClFN2O2. The molecule has 1 aromatic heterocycles. The Balaban J connectivity index is 1.84. The lowest BCUT2D eigenvalue weighted by molar-refractivity contribution is 0.253. The second-order valence-electron chi connectivity index (χ2n) is 6.20. The molecule has 6 heteroatoms. The van der Waals surface area contributed by atoms with Crippen molar-refractivity contribution in [1.82, 2.24) is 10.3 Å². The van der Waals surface area contributed by atoms with Crippen LogP contribution in [0.1, 0.15) is 23.6 Å². The Morgan fingerprint density at radius 3 is 2.70 bits per heavy atom. The Hall–Kier alpha value is -2.65. The number of halogens is 2. The van der Waals surface area contributed by atoms with Crippen molar-refractivity contribution in [2.75, 3.05) is 0 Å². The molecule has 0 spiro atoms. The van der Waals surface area contributed by atoms with Crippen molar-refractivity contribution in [3.8, 4) is 11.8 Å². The number of aromatic nitrogens is 1. The largest absolute Gasteiger partial charge is 0.381 e. The van der Waals surface area contributed by atoms with Crippen molar-refractivity contribution < 1.29 is 9.50 Å². The highest BCUT2D eigenvalue weighted by Crippen LogP contribution is 2.16. The molecule has 0 saturated carbocycles. The summed E-state index contributed by atoms with van der Waals surface area (Å²) in [5.74, 6) is 4.67. The summed E-state index contributed by atoms with van der Waals surface area (Å²) in [6.07, 6.45) is 0.689. The number of hydrogen-bond acceptors (Lipinski definition) is 3. The molecule has 0 amide bonds. The minimum Gasteiger partial charge on any atom is -0.381 e. The van der Waals surface area contributed by atoms with Crippen LogP contribution < -0.4 is 10.7 Å². The van der Waals surface area contributed by atoms with Crippen LogP contribution in [0.15, 0.2) is 47.4 Å². The minimum absolute atomic E-state index is 0.143. The quantitative estimate of drug-likeness (QED) is 0.604. The van der Waals surface area contributed by atoms with Crippen molar-refractivity contribution in [2.24, 2.45) is 0 Å². The van der Waals surface area contributed by atoms with E-state index in [1.54, 1.807) is 12.1 Å². The maximum absolute atomic E-state index is 14.3. The van der Waals surface area contributed by atoms with Gasteiger partial charge in [0.05, 0.1) is 10.9 Å². The Morgan fingerprint density at radius 1 is 1.26 bits per heavy atom. The standard InChI is InChI=1S/C21H18ClFN2O2/c1-13(26)2-3-15-8-18-20(19(23)9-15)25-12-16(21(18)27)11-24-10-14-4-6-17(22)7-5-14/h4-9,12-13,24,26H,10-11H2,1H3,(H,25,27). The van der Waals surface area contributed by atoms with Crippen LogP contribution in [0.3, 0.4) is 0 Å². The first-order valence-corrected chi connectivity index (χ1v) is 8.80. The third kappa shape index (κ3) is 4.75. The predicted molar refractivity (Wildman–Crippen MR) is 105 cm³/mol. The summed E-state index contributed by atoms with van der Waals surface area (Å²) in [6, 6.07) is 10.2. The molecule has 1 heterocycles. The number of pyridine rings is 1. The third-order valence-electron chi connectivity index (χ3n) is 4.00. The van der Waals surface area contributed by atoms with E-state index >= 15 is 0 Å². The van der Waals surface area contributed by atoms with Gasteiger partial charge in [0.25, 0.3) is 0 Å². The second kappa shape index (κ2) is 8.36. The van der Waals surface area contributed by atoms with Gasteiger partial charge in [0.2, 0.25) is 0 Å². The van der Waals surface area contributed by atoms with E-state index in [9.17, 15) is 14.3 Å². The van der Waals surface area contributed by atoms with Gasteiger partial charge >= 0.3 is 0 Å². The Labute approximate surface area is 161 Å². The number of nitrogens with one attached hydrogen (secondary N) is 2. The molecule has 3 N–H and O–H groups in total. The number of fused-ring (bicyclic) bond motifs is 1. The minimum atomic E-state index is -0.828. The van der Waals surface area contributed by atoms with Crippen molar-refractivity contribution in [3.63, 3.8) is 0 Å². The van der Waals surface area contributed by atoms with Gasteiger partial charge in [0.15, 0.2) is 5.43 Å². The zero-order chi connectivity index (χ0) is 19.4. The highest BCUT2D eigenvalue weighted by molar-refractivity contribution is 6.30. The van der Waals surface area contributed by atoms with Crippen LogP contribution in [0, 0.1) is 17.7 Å². The molecule has 0 aliphatic rings. The number of rotatable bonds is 4. The van der Waals surface area contributed by atoms with Gasteiger partial charge in [-0.25, -0.2) is 4.39 Å². The first-order valence-electron chi connectivity index (χ1n) is 8.42. The summed E-state index contributed by atoms with van der Waals surface area (Å²) >= 11 is 5.86. The fourth-order valence-corrected chi connectivity index (χ4v) is 2.79. The predicted octanol–water partition coefficient (Wildman–Crippen LogP) is 3.34. The van der Waals surface area contributed by atoms with Crippen molar-refractivity contribution in [2.45, 2.75) is 26.1 Å². The average Bonchev–Trinajstić information content (AvgIpc) is 2.64. The molecule has 1 unspecified atom stereocenters. The van der Waals surface area contributed by atoms with Crippen LogP contribution >= 0.6 is 11.6 Å². The number of aliphatic hydroxyl groups excluding tert-OH is 1. The summed E-state index contributed by atoms with van der Waals surface area (Å²) in [5, 5.41) is 13.3. The van der Waals surface area contributed by atoms with Crippen LogP contribution in [0.5, 0.6) is 0 Å². The summed E-state index contributed by atoms with van der Waals surface area (Å²) in [4.78, 5) is 15.6. The normalized spacial score (nSPS) is 11.9. The molecule has 0 saturated heterocycles. The van der Waals surface area contributed by atoms with E-state index < -0.39 is 11.9 Å². The molecule has 1 atom stereocenters. The van der Waals surface area contributed by atoms with E-state index in [4.69, 9.17) is 11.6 Å². The van der Waals surface area contributed by atoms with Crippen molar-refractivity contribution in [3.05, 3.63) is 80.3 Å². The Kier molecular flexibility index (Phi) is 5.92. The van der Waals surface area contributed by atoms with Crippen LogP contribution in [0.2, 0.25) is 5.02 Å². The van der Waals surface area contributed by atoms with E-state index in [1.165, 1.54) is 25.3 Å². The van der Waals surface area contributed by atoms with E-state index in [0.717, 1.165) is 5.56 Å². The molecule has 138 valence electrons. The number of benzene rings is 2. The van der Waals surface area contributed by atoms with Gasteiger partial charge in [-0.3, -0.25) is 4.79 Å². The van der Waals surface area contributed by atoms with E-state index in [-0.39, 0.29) is 16.3 Å². The van der Waals surface area contributed by atoms with Gasteiger partial charge < -0.3 is 15.4 Å². The number of aromatic amines is 1. The lowest BCUT2D eigenvalue weighted by Crippen LogP contribution is -2.20. The molecule has 2 aromatic carbocycles. The van der Waals surface area contributed by atoms with Crippen LogP contribution in [-0.4, -0.2) is 16.2 Å². The van der Waals surface area contributed by atoms with E-state index in [0.29, 0.717) is 29.2 Å². The Morgan fingerprint density at radius 2 is 2.00 bits per heavy atom. The first-order chi connectivity index (χ1) is 12.9. The molecule has 3 aromatic rings. The Bertz CT molecular complexity index is 1080. The molecule has 0 bridgehead atoms. The maximum Gasteiger partial charge on any atom is 0.194 e. The highest BCUT2D eigenvalue weighted by Gasteiger charge is 2.10. The maximum atomic E-state index is 14.3. The fourth-order valence-electron chi connectivity index (χ4n) is 2.67. The molecular weight excluding hydrogens is 367 g/mol. The van der Waals surface area contributed by atoms with Gasteiger partial charge in [0.1, 0.15) is 11.9 Å². The zero-order valence-corrected chi connectivity index (χ0v) is 15.4. The SMILES string of the molecule is CC(O)C#Cc1cc(F)c2[nH]cc(CNCc3ccc(Cl)cc3)c(=O)c2c1. The lowest BCUT2D eigenvalue weighted by Gasteiger charge is -2.07. The summed E-state index contributed by atoms with van der Waals surface area (Å²) in [6.45, 7) is 2.42. The van der Waals surface area contributed by atoms with E-state index in [2.05, 4.69) is 22.1 Å². The smallest absolute Gasteiger partial charge is 0.194 e. The molecule has 0 aliphatic carbocycles. The fraction of sp³-hybridized carbons (Fsp3) is 0.190. The second-order valence-corrected chi connectivity index (χ2v) is 6.64. The van der Waals surface area contributed by atoms with Crippen LogP contribution in [0.4, 0.5) is 4.39 Å². The summed E-state index contributed by atoms with van der Waals surface area (Å²) in [5.41, 5.74) is 1.77. The van der Waals surface area contributed by atoms with Gasteiger partial charge in [0, 0.05) is 35.4 Å². The highest BCUT2D eigenvalue weighted by atomic mass is 35.5. The molecule has 27 heavy (non-hydrogen) atoms. The molecule has 0 fully saturated rings. The molecule has 0 aliphatic heterocycles. The first kappa shape index (κ1) is 19.1. The van der Waals surface area contributed by atoms with Gasteiger partial charge in [-0.2, -0.15) is 0 Å². The monoisotopic (exact) mass is 384 g/mol. The number of H-pyrrole nitrogens is 1.